The highest BCUT2D eigenvalue weighted by molar-refractivity contribution is 6.43. The van der Waals surface area contributed by atoms with E-state index in [9.17, 15) is 9.59 Å². The number of nitrogens with zero attached hydrogens (tertiary/aromatic N) is 1. The Morgan fingerprint density at radius 3 is 2.50 bits per heavy atom. The molecule has 0 unspecified atom stereocenters. The van der Waals surface area contributed by atoms with Crippen molar-refractivity contribution in [3.8, 4) is 0 Å². The van der Waals surface area contributed by atoms with E-state index >= 15 is 0 Å². The van der Waals surface area contributed by atoms with Gasteiger partial charge >= 0.3 is 12.1 Å². The van der Waals surface area contributed by atoms with Gasteiger partial charge in [-0.25, -0.2) is 9.59 Å². The molecule has 0 spiro atoms. The van der Waals surface area contributed by atoms with Crippen LogP contribution >= 0.6 is 23.2 Å². The third-order valence-corrected chi connectivity index (χ3v) is 4.19. The zero-order valence-corrected chi connectivity index (χ0v) is 13.7. The Kier molecular flexibility index (Phi) is 4.46. The number of carboxylic acid groups (broad SMARTS) is 1. The van der Waals surface area contributed by atoms with Crippen LogP contribution in [-0.2, 0) is 11.3 Å². The Hall–Kier alpha value is -2.50. The molecule has 7 heteroatoms. The van der Waals surface area contributed by atoms with Crippen molar-refractivity contribution >= 4 is 46.2 Å². The van der Waals surface area contributed by atoms with Gasteiger partial charge in [0.05, 0.1) is 21.1 Å². The average Bonchev–Trinajstić information content (AvgIpc) is 2.97. The Labute approximate surface area is 147 Å². The molecule has 0 aliphatic heterocycles. The molecule has 0 bridgehead atoms. The molecule has 0 aliphatic rings. The van der Waals surface area contributed by atoms with Crippen molar-refractivity contribution in [1.29, 1.82) is 0 Å². The zero-order valence-electron chi connectivity index (χ0n) is 12.2. The number of rotatable bonds is 3. The van der Waals surface area contributed by atoms with E-state index in [1.165, 1.54) is 16.8 Å². The van der Waals surface area contributed by atoms with Crippen LogP contribution in [0.15, 0.2) is 48.7 Å². The Morgan fingerprint density at radius 2 is 1.83 bits per heavy atom. The molecule has 0 amide bonds. The summed E-state index contributed by atoms with van der Waals surface area (Å²) in [4.78, 5) is 23.5. The molecule has 0 fully saturated rings. The van der Waals surface area contributed by atoms with E-state index in [-0.39, 0.29) is 22.2 Å². The lowest BCUT2D eigenvalue weighted by Gasteiger charge is -2.08. The monoisotopic (exact) mass is 363 g/mol. The van der Waals surface area contributed by atoms with Crippen LogP contribution in [0.2, 0.25) is 10.0 Å². The molecular weight excluding hydrogens is 353 g/mol. The average molecular weight is 364 g/mol. The summed E-state index contributed by atoms with van der Waals surface area (Å²) in [7, 11) is 0. The fourth-order valence-electron chi connectivity index (χ4n) is 2.35. The first-order chi connectivity index (χ1) is 11.5. The third-order valence-electron chi connectivity index (χ3n) is 3.50. The molecule has 24 heavy (non-hydrogen) atoms. The van der Waals surface area contributed by atoms with Crippen molar-refractivity contribution in [2.75, 3.05) is 0 Å². The van der Waals surface area contributed by atoms with Crippen molar-refractivity contribution in [2.45, 2.75) is 6.61 Å². The second-order valence-electron chi connectivity index (χ2n) is 5.01. The summed E-state index contributed by atoms with van der Waals surface area (Å²) in [6.45, 7) is 0.119. The number of carbonyl (C=O) groups is 2. The molecule has 1 aromatic heterocycles. The molecule has 0 aliphatic carbocycles. The Morgan fingerprint density at radius 1 is 1.12 bits per heavy atom. The standard InChI is InChI=1S/C17H11Cl2NO4/c18-12-8-13-11(15(19)14(12)16(21)22)6-7-20(13)17(23)24-9-10-4-2-1-3-5-10/h1-8H,9H2,(H,21,22). The number of aromatic carboxylic acids is 1. The van der Waals surface area contributed by atoms with Gasteiger partial charge in [0.25, 0.3) is 0 Å². The molecule has 0 atom stereocenters. The third kappa shape index (κ3) is 2.96. The van der Waals surface area contributed by atoms with Gasteiger partial charge in [-0.15, -0.1) is 0 Å². The molecular formula is C17H11Cl2NO4. The van der Waals surface area contributed by atoms with Gasteiger partial charge in [-0.3, -0.25) is 4.57 Å². The summed E-state index contributed by atoms with van der Waals surface area (Å²) < 4.78 is 6.50. The van der Waals surface area contributed by atoms with Crippen LogP contribution in [0.3, 0.4) is 0 Å². The van der Waals surface area contributed by atoms with Gasteiger partial charge < -0.3 is 9.84 Å². The highest BCUT2D eigenvalue weighted by atomic mass is 35.5. The van der Waals surface area contributed by atoms with E-state index in [1.54, 1.807) is 6.07 Å². The lowest BCUT2D eigenvalue weighted by Crippen LogP contribution is -2.12. The van der Waals surface area contributed by atoms with E-state index < -0.39 is 12.1 Å². The molecule has 2 aromatic carbocycles. The number of hydrogen-bond acceptors (Lipinski definition) is 3. The second-order valence-corrected chi connectivity index (χ2v) is 5.80. The van der Waals surface area contributed by atoms with Gasteiger partial charge in [-0.1, -0.05) is 53.5 Å². The predicted molar refractivity (Wildman–Crippen MR) is 90.9 cm³/mol. The predicted octanol–water partition coefficient (Wildman–Crippen LogP) is 4.83. The van der Waals surface area contributed by atoms with Crippen LogP contribution in [0, 0.1) is 0 Å². The first-order valence-electron chi connectivity index (χ1n) is 6.92. The van der Waals surface area contributed by atoms with E-state index in [1.807, 2.05) is 30.3 Å². The minimum atomic E-state index is -1.23. The quantitative estimate of drug-likeness (QED) is 0.723. The summed E-state index contributed by atoms with van der Waals surface area (Å²) in [5.74, 6) is -1.23. The SMILES string of the molecule is O=C(O)c1c(Cl)cc2c(ccn2C(=O)OCc2ccccc2)c1Cl. The summed E-state index contributed by atoms with van der Waals surface area (Å²) in [5.41, 5.74) is 1.04. The topological polar surface area (TPSA) is 68.5 Å². The van der Waals surface area contributed by atoms with E-state index in [0.29, 0.717) is 10.9 Å². The molecule has 0 saturated heterocycles. The molecule has 1 heterocycles. The van der Waals surface area contributed by atoms with Crippen molar-refractivity contribution < 1.29 is 19.4 Å². The van der Waals surface area contributed by atoms with Crippen molar-refractivity contribution in [2.24, 2.45) is 0 Å². The molecule has 0 radical (unpaired) electrons. The maximum Gasteiger partial charge on any atom is 0.418 e. The van der Waals surface area contributed by atoms with Gasteiger partial charge in [0.15, 0.2) is 0 Å². The number of ether oxygens (including phenoxy) is 1. The number of aromatic nitrogens is 1. The van der Waals surface area contributed by atoms with Gasteiger partial charge in [-0.05, 0) is 17.7 Å². The van der Waals surface area contributed by atoms with Gasteiger partial charge in [0, 0.05) is 11.6 Å². The molecule has 1 N–H and O–H groups in total. The fraction of sp³-hybridized carbons (Fsp3) is 0.0588. The van der Waals surface area contributed by atoms with Crippen LogP contribution in [0.25, 0.3) is 10.9 Å². The lowest BCUT2D eigenvalue weighted by atomic mass is 10.1. The van der Waals surface area contributed by atoms with Crippen LogP contribution in [-0.4, -0.2) is 21.7 Å². The van der Waals surface area contributed by atoms with Crippen LogP contribution in [0.1, 0.15) is 15.9 Å². The number of halogens is 2. The summed E-state index contributed by atoms with van der Waals surface area (Å²) >= 11 is 12.1. The fourth-order valence-corrected chi connectivity index (χ4v) is 3.02. The van der Waals surface area contributed by atoms with E-state index in [0.717, 1.165) is 5.56 Å². The normalized spacial score (nSPS) is 10.8. The highest BCUT2D eigenvalue weighted by Gasteiger charge is 2.20. The number of benzene rings is 2. The molecule has 0 saturated carbocycles. The smallest absolute Gasteiger partial charge is 0.418 e. The molecule has 3 aromatic rings. The largest absolute Gasteiger partial charge is 0.478 e. The number of hydrogen-bond donors (Lipinski definition) is 1. The number of carbonyl (C=O) groups excluding carboxylic acids is 1. The van der Waals surface area contributed by atoms with Gasteiger partial charge in [0.1, 0.15) is 6.61 Å². The first-order valence-corrected chi connectivity index (χ1v) is 7.68. The van der Waals surface area contributed by atoms with E-state index in [2.05, 4.69) is 0 Å². The van der Waals surface area contributed by atoms with Crippen molar-refractivity contribution in [3.05, 3.63) is 69.8 Å². The summed E-state index contributed by atoms with van der Waals surface area (Å²) in [6, 6.07) is 12.2. The maximum absolute atomic E-state index is 12.3. The summed E-state index contributed by atoms with van der Waals surface area (Å²) in [6.07, 6.45) is 0.857. The van der Waals surface area contributed by atoms with Crippen molar-refractivity contribution in [1.82, 2.24) is 4.57 Å². The van der Waals surface area contributed by atoms with Crippen molar-refractivity contribution in [3.63, 3.8) is 0 Å². The van der Waals surface area contributed by atoms with Crippen LogP contribution < -0.4 is 0 Å². The Bertz CT molecular complexity index is 935. The highest BCUT2D eigenvalue weighted by Crippen LogP contribution is 2.34. The minimum Gasteiger partial charge on any atom is -0.478 e. The van der Waals surface area contributed by atoms with E-state index in [4.69, 9.17) is 33.0 Å². The summed E-state index contributed by atoms with van der Waals surface area (Å²) in [5, 5.41) is 9.52. The van der Waals surface area contributed by atoms with Crippen LogP contribution in [0.5, 0.6) is 0 Å². The zero-order chi connectivity index (χ0) is 17.3. The van der Waals surface area contributed by atoms with Gasteiger partial charge in [0.2, 0.25) is 0 Å². The first kappa shape index (κ1) is 16.4. The molecule has 122 valence electrons. The number of carboxylic acids is 1. The van der Waals surface area contributed by atoms with Gasteiger partial charge in [-0.2, -0.15) is 0 Å². The van der Waals surface area contributed by atoms with Crippen LogP contribution in [0.4, 0.5) is 4.79 Å². The lowest BCUT2D eigenvalue weighted by molar-refractivity contribution is 0.0697. The second kappa shape index (κ2) is 6.55. The number of fused-ring (bicyclic) bond motifs is 1. The maximum atomic E-state index is 12.3. The molecule has 3 rings (SSSR count). The molecule has 5 nitrogen and oxygen atoms in total. The minimum absolute atomic E-state index is 0.0143. The Balaban J connectivity index is 1.93.